The number of nitrogens with one attached hydrogen (secondary N) is 1. The number of nitrogens with zero attached hydrogens (tertiary/aromatic N) is 4. The van der Waals surface area contributed by atoms with Crippen molar-refractivity contribution in [3.8, 4) is 17.6 Å². The molecule has 7 heteroatoms. The van der Waals surface area contributed by atoms with Crippen LogP contribution in [0.4, 0.5) is 5.82 Å². The first-order valence-corrected chi connectivity index (χ1v) is 9.81. The summed E-state index contributed by atoms with van der Waals surface area (Å²) in [6.07, 6.45) is 1.40. The number of aromatic nitrogens is 3. The lowest BCUT2D eigenvalue weighted by molar-refractivity contribution is -0.118. The molecular formula is C24H21N5O2. The first kappa shape index (κ1) is 20.1. The number of amides is 1. The Labute approximate surface area is 179 Å². The first-order valence-electron chi connectivity index (χ1n) is 9.81. The summed E-state index contributed by atoms with van der Waals surface area (Å²) in [5.74, 6) is 1.07. The maximum absolute atomic E-state index is 12.6. The molecule has 4 rings (SSSR count). The summed E-state index contributed by atoms with van der Waals surface area (Å²) in [4.78, 5) is 17.2. The molecule has 1 N–H and O–H groups in total. The molecule has 2 aromatic carbocycles. The lowest BCUT2D eigenvalue weighted by Crippen LogP contribution is -2.23. The fourth-order valence-corrected chi connectivity index (χ4v) is 3.35. The number of ether oxygens (including phenoxy) is 1. The molecule has 0 atom stereocenters. The first-order chi connectivity index (χ1) is 15.0. The number of carbonyl (C=O) groups excluding carboxylic acids is 1. The summed E-state index contributed by atoms with van der Waals surface area (Å²) in [7, 11) is 0. The number of hydrogen-bond donors (Lipinski definition) is 1. The fourth-order valence-electron chi connectivity index (χ4n) is 3.35. The normalized spacial score (nSPS) is 10.6. The molecule has 0 unspecified atom stereocenters. The third-order valence-electron chi connectivity index (χ3n) is 5.17. The van der Waals surface area contributed by atoms with Crippen LogP contribution in [-0.2, 0) is 4.79 Å². The molecule has 4 aromatic rings. The van der Waals surface area contributed by atoms with Gasteiger partial charge in [-0.05, 0) is 55.7 Å². The lowest BCUT2D eigenvalue weighted by Gasteiger charge is -2.14. The van der Waals surface area contributed by atoms with Gasteiger partial charge in [-0.25, -0.2) is 4.98 Å². The van der Waals surface area contributed by atoms with Crippen molar-refractivity contribution in [2.75, 3.05) is 11.9 Å². The Hall–Kier alpha value is -4.18. The Bertz CT molecular complexity index is 1330. The van der Waals surface area contributed by atoms with E-state index in [1.54, 1.807) is 6.07 Å². The maximum atomic E-state index is 12.6. The molecule has 1 amide bonds. The average molecular weight is 411 g/mol. The molecule has 31 heavy (non-hydrogen) atoms. The number of pyridine rings is 1. The van der Waals surface area contributed by atoms with Gasteiger partial charge < -0.3 is 10.1 Å². The van der Waals surface area contributed by atoms with E-state index in [2.05, 4.69) is 21.5 Å². The zero-order valence-corrected chi connectivity index (χ0v) is 17.5. The van der Waals surface area contributed by atoms with Gasteiger partial charge >= 0.3 is 0 Å². The number of rotatable bonds is 5. The minimum atomic E-state index is -0.389. The highest BCUT2D eigenvalue weighted by molar-refractivity contribution is 5.92. The Morgan fingerprint density at radius 2 is 1.87 bits per heavy atom. The fraction of sp³-hybridized carbons (Fsp3) is 0.167. The van der Waals surface area contributed by atoms with Crippen molar-refractivity contribution < 1.29 is 9.53 Å². The van der Waals surface area contributed by atoms with Gasteiger partial charge in [0.15, 0.2) is 18.2 Å². The van der Waals surface area contributed by atoms with E-state index in [0.29, 0.717) is 11.6 Å². The van der Waals surface area contributed by atoms with Gasteiger partial charge in [-0.1, -0.05) is 30.3 Å². The summed E-state index contributed by atoms with van der Waals surface area (Å²) < 4.78 is 7.25. The molecule has 2 aromatic heterocycles. The van der Waals surface area contributed by atoms with Crippen molar-refractivity contribution in [3.05, 3.63) is 77.0 Å². The molecule has 0 aliphatic heterocycles. The van der Waals surface area contributed by atoms with Crippen LogP contribution >= 0.6 is 0 Å². The number of aryl methyl sites for hydroxylation is 2. The van der Waals surface area contributed by atoms with Crippen LogP contribution in [0.3, 0.4) is 0 Å². The number of hydrogen-bond acceptors (Lipinski definition) is 5. The standard InChI is InChI=1S/C24H21N5O2/c1-15-8-9-16(2)23(17(15)3)31-14-22(30)28-24-19(12-25)13-26-29(24)21-11-10-18-6-4-5-7-20(18)27-21/h4-11,13H,14H2,1-3H3,(H,28,30). The third kappa shape index (κ3) is 3.96. The monoisotopic (exact) mass is 411 g/mol. The van der Waals surface area contributed by atoms with Gasteiger partial charge in [-0.2, -0.15) is 15.0 Å². The van der Waals surface area contributed by atoms with Crippen molar-refractivity contribution >= 4 is 22.6 Å². The van der Waals surface area contributed by atoms with E-state index in [-0.39, 0.29) is 23.9 Å². The van der Waals surface area contributed by atoms with Crippen LogP contribution in [0.5, 0.6) is 5.75 Å². The molecule has 0 fully saturated rings. The number of anilines is 1. The second-order valence-electron chi connectivity index (χ2n) is 7.28. The second kappa shape index (κ2) is 8.28. The van der Waals surface area contributed by atoms with Crippen LogP contribution in [0.2, 0.25) is 0 Å². The van der Waals surface area contributed by atoms with Gasteiger partial charge in [0.25, 0.3) is 5.91 Å². The molecule has 7 nitrogen and oxygen atoms in total. The van der Waals surface area contributed by atoms with Gasteiger partial charge in [0.05, 0.1) is 11.7 Å². The summed E-state index contributed by atoms with van der Waals surface area (Å²) >= 11 is 0. The summed E-state index contributed by atoms with van der Waals surface area (Å²) in [6, 6.07) is 17.5. The number of nitriles is 1. The topological polar surface area (TPSA) is 92.8 Å². The van der Waals surface area contributed by atoms with Crippen molar-refractivity contribution in [1.29, 1.82) is 5.26 Å². The van der Waals surface area contributed by atoms with E-state index in [1.165, 1.54) is 10.9 Å². The Balaban J connectivity index is 1.58. The molecule has 0 aliphatic carbocycles. The predicted octanol–water partition coefficient (Wildman–Crippen LogP) is 4.23. The van der Waals surface area contributed by atoms with Crippen molar-refractivity contribution in [3.63, 3.8) is 0 Å². The number of para-hydroxylation sites is 1. The van der Waals surface area contributed by atoms with E-state index in [1.807, 2.05) is 63.2 Å². The van der Waals surface area contributed by atoms with Crippen LogP contribution in [0.25, 0.3) is 16.7 Å². The van der Waals surface area contributed by atoms with Crippen LogP contribution in [-0.4, -0.2) is 27.3 Å². The molecular weight excluding hydrogens is 390 g/mol. The quantitative estimate of drug-likeness (QED) is 0.530. The molecule has 2 heterocycles. The van der Waals surface area contributed by atoms with E-state index in [9.17, 15) is 10.1 Å². The highest BCUT2D eigenvalue weighted by Crippen LogP contribution is 2.26. The van der Waals surface area contributed by atoms with Gasteiger partial charge in [0.2, 0.25) is 0 Å². The molecule has 0 aliphatic rings. The molecule has 0 spiro atoms. The van der Waals surface area contributed by atoms with Gasteiger partial charge in [-0.15, -0.1) is 0 Å². The molecule has 0 saturated heterocycles. The van der Waals surface area contributed by atoms with E-state index < -0.39 is 0 Å². The zero-order chi connectivity index (χ0) is 22.0. The van der Waals surface area contributed by atoms with Crippen LogP contribution < -0.4 is 10.1 Å². The second-order valence-corrected chi connectivity index (χ2v) is 7.28. The summed E-state index contributed by atoms with van der Waals surface area (Å²) in [5.41, 5.74) is 4.08. The van der Waals surface area contributed by atoms with Gasteiger partial charge in [-0.3, -0.25) is 4.79 Å². The summed E-state index contributed by atoms with van der Waals surface area (Å²) in [6.45, 7) is 5.71. The molecule has 0 radical (unpaired) electrons. The average Bonchev–Trinajstić information content (AvgIpc) is 3.18. The van der Waals surface area contributed by atoms with Crippen molar-refractivity contribution in [1.82, 2.24) is 14.8 Å². The molecule has 154 valence electrons. The van der Waals surface area contributed by atoms with Crippen molar-refractivity contribution in [2.45, 2.75) is 20.8 Å². The smallest absolute Gasteiger partial charge is 0.263 e. The summed E-state index contributed by atoms with van der Waals surface area (Å²) in [5, 5.41) is 17.5. The Morgan fingerprint density at radius 1 is 1.10 bits per heavy atom. The maximum Gasteiger partial charge on any atom is 0.263 e. The van der Waals surface area contributed by atoms with Gasteiger partial charge in [0, 0.05) is 5.39 Å². The van der Waals surface area contributed by atoms with Crippen LogP contribution in [0.1, 0.15) is 22.3 Å². The predicted molar refractivity (Wildman–Crippen MR) is 118 cm³/mol. The number of benzene rings is 2. The Kier molecular flexibility index (Phi) is 5.37. The minimum absolute atomic E-state index is 0.188. The van der Waals surface area contributed by atoms with E-state index >= 15 is 0 Å². The highest BCUT2D eigenvalue weighted by atomic mass is 16.5. The van der Waals surface area contributed by atoms with Crippen LogP contribution in [0.15, 0.2) is 54.7 Å². The molecule has 0 saturated carbocycles. The SMILES string of the molecule is Cc1ccc(C)c(OCC(=O)Nc2c(C#N)cnn2-c2ccc3ccccc3n2)c1C. The third-order valence-corrected chi connectivity index (χ3v) is 5.17. The molecule has 0 bridgehead atoms. The lowest BCUT2D eigenvalue weighted by atomic mass is 10.1. The van der Waals surface area contributed by atoms with E-state index in [0.717, 1.165) is 27.6 Å². The van der Waals surface area contributed by atoms with E-state index in [4.69, 9.17) is 4.74 Å². The van der Waals surface area contributed by atoms with Crippen molar-refractivity contribution in [2.24, 2.45) is 0 Å². The minimum Gasteiger partial charge on any atom is -0.483 e. The zero-order valence-electron chi connectivity index (χ0n) is 17.5. The highest BCUT2D eigenvalue weighted by Gasteiger charge is 2.17. The Morgan fingerprint density at radius 3 is 2.68 bits per heavy atom. The largest absolute Gasteiger partial charge is 0.483 e. The van der Waals surface area contributed by atoms with Gasteiger partial charge in [0.1, 0.15) is 17.4 Å². The number of carbonyl (C=O) groups is 1. The number of fused-ring (bicyclic) bond motifs is 1. The van der Waals surface area contributed by atoms with Crippen LogP contribution in [0, 0.1) is 32.1 Å².